The van der Waals surface area contributed by atoms with Gasteiger partial charge in [-0.05, 0) is 112 Å². The van der Waals surface area contributed by atoms with Crippen LogP contribution in [0.1, 0.15) is 25.0 Å². The van der Waals surface area contributed by atoms with Crippen molar-refractivity contribution < 1.29 is 4.57 Å². The number of para-hydroxylation sites is 4. The Kier molecular flexibility index (Phi) is 8.43. The average Bonchev–Trinajstić information content (AvgIpc) is 3.93. The topological polar surface area (TPSA) is 54.3 Å². The molecule has 1 atom stereocenters. The van der Waals surface area contributed by atoms with Crippen LogP contribution in [0.5, 0.6) is 0 Å². The van der Waals surface area contributed by atoms with Crippen molar-refractivity contribution >= 4 is 68.2 Å². The molecule has 1 aliphatic carbocycles. The van der Waals surface area contributed by atoms with E-state index >= 15 is 4.57 Å². The van der Waals surface area contributed by atoms with Gasteiger partial charge in [0.2, 0.25) is 5.95 Å². The Morgan fingerprint density at radius 1 is 0.439 bits per heavy atom. The van der Waals surface area contributed by atoms with Gasteiger partial charge >= 0.3 is 7.44 Å². The zero-order valence-electron chi connectivity index (χ0n) is 36.4. The van der Waals surface area contributed by atoms with Crippen molar-refractivity contribution in [1.29, 1.82) is 0 Å². The van der Waals surface area contributed by atoms with E-state index in [0.717, 1.165) is 83.1 Å². The van der Waals surface area contributed by atoms with E-state index in [2.05, 4.69) is 150 Å². The summed E-state index contributed by atoms with van der Waals surface area (Å²) in [7, 11) is -3.50. The summed E-state index contributed by atoms with van der Waals surface area (Å²) in [4.78, 5) is 10.8. The third-order valence-corrected chi connectivity index (χ3v) is 16.7. The predicted molar refractivity (Wildman–Crippen MR) is 273 cm³/mol. The zero-order valence-corrected chi connectivity index (χ0v) is 37.3. The van der Waals surface area contributed by atoms with Crippen LogP contribution in [0.3, 0.4) is 0 Å². The fourth-order valence-corrected chi connectivity index (χ4v) is 13.6. The van der Waals surface area contributed by atoms with E-state index < -0.39 is 7.44 Å². The van der Waals surface area contributed by atoms with Gasteiger partial charge in [0.15, 0.2) is 0 Å². The highest BCUT2D eigenvalue weighted by Crippen LogP contribution is 2.70. The highest BCUT2D eigenvalue weighted by Gasteiger charge is 2.49. The fourth-order valence-electron chi connectivity index (χ4n) is 10.6. The van der Waals surface area contributed by atoms with Gasteiger partial charge < -0.3 is 0 Å². The molecule has 9 aromatic carbocycles. The summed E-state index contributed by atoms with van der Waals surface area (Å²) in [5, 5.41) is 3.98. The molecule has 3 heterocycles. The first-order valence-corrected chi connectivity index (χ1v) is 24.1. The summed E-state index contributed by atoms with van der Waals surface area (Å²) in [5.41, 5.74) is 15.6. The molecule has 7 heteroatoms. The molecule has 0 spiro atoms. The van der Waals surface area contributed by atoms with Gasteiger partial charge in [-0.15, -0.1) is 0 Å². The molecule has 11 aromatic rings. The van der Waals surface area contributed by atoms with Gasteiger partial charge in [0.05, 0.1) is 38.9 Å². The van der Waals surface area contributed by atoms with E-state index in [4.69, 9.17) is 9.97 Å². The van der Waals surface area contributed by atoms with Crippen molar-refractivity contribution in [3.8, 4) is 39.5 Å². The van der Waals surface area contributed by atoms with Gasteiger partial charge in [0, 0.05) is 38.5 Å². The van der Waals surface area contributed by atoms with E-state index in [0.29, 0.717) is 5.95 Å². The van der Waals surface area contributed by atoms with Crippen LogP contribution >= 0.6 is 7.44 Å². The Morgan fingerprint density at radius 3 is 1.79 bits per heavy atom. The van der Waals surface area contributed by atoms with Crippen molar-refractivity contribution in [3.05, 3.63) is 230 Å². The lowest BCUT2D eigenvalue weighted by molar-refractivity contribution is 0.582. The SMILES string of the molecule is CC1(C)c2ccccc2-c2ccc(-c3nc(-n4c5ccccc5c5cc(-c6ccc7c(c6)N(c6ccccc6)P(=O)(c6ccccc6)N7c6ccccc6)ccc54)nc4ccccc34)cc21. The monoisotopic (exact) mass is 867 g/mol. The summed E-state index contributed by atoms with van der Waals surface area (Å²) < 4.78 is 22.5. The minimum atomic E-state index is -3.50. The second-order valence-electron chi connectivity index (χ2n) is 17.8. The van der Waals surface area contributed by atoms with Gasteiger partial charge in [-0.1, -0.05) is 153 Å². The molecular weight excluding hydrogens is 826 g/mol. The normalized spacial score (nSPS) is 15.9. The van der Waals surface area contributed by atoms with E-state index in [-0.39, 0.29) is 5.41 Å². The standard InChI is InChI=1S/C59H42N5OP/c1-59(2)50-27-15-12-24-45(50)46-33-30-41(37-51(46)59)57-48-26-13-16-28-52(48)60-58(61-57)62-53-29-17-14-25-47(53)49-36-39(31-34-54(49)62)40-32-35-55-56(38-40)64(43-20-8-4-9-21-43)66(65,44-22-10-5-11-23-44)63(55)42-18-6-3-7-19-42/h3-38H,1-2H3. The zero-order chi connectivity index (χ0) is 44.1. The molecule has 0 fully saturated rings. The molecule has 0 saturated carbocycles. The smallest absolute Gasteiger partial charge is 0.278 e. The molecule has 0 N–H and O–H groups in total. The van der Waals surface area contributed by atoms with Crippen LogP contribution in [-0.2, 0) is 9.98 Å². The van der Waals surface area contributed by atoms with Crippen molar-refractivity contribution in [2.45, 2.75) is 19.3 Å². The number of nitrogens with zero attached hydrogens (tertiary/aromatic N) is 5. The number of anilines is 4. The Morgan fingerprint density at radius 2 is 1.02 bits per heavy atom. The maximum atomic E-state index is 16.2. The number of aromatic nitrogens is 3. The van der Waals surface area contributed by atoms with Crippen LogP contribution in [-0.4, -0.2) is 14.5 Å². The number of hydrogen-bond donors (Lipinski definition) is 0. The Bertz CT molecular complexity index is 3790. The van der Waals surface area contributed by atoms with Crippen LogP contribution in [0.4, 0.5) is 22.7 Å². The summed E-state index contributed by atoms with van der Waals surface area (Å²) in [6.07, 6.45) is 0. The van der Waals surface area contributed by atoms with Gasteiger partial charge in [-0.2, -0.15) is 0 Å². The molecule has 314 valence electrons. The quantitative estimate of drug-likeness (QED) is 0.156. The van der Waals surface area contributed by atoms with Crippen LogP contribution in [0.25, 0.3) is 72.2 Å². The van der Waals surface area contributed by atoms with Crippen molar-refractivity contribution in [1.82, 2.24) is 14.5 Å². The van der Waals surface area contributed by atoms with Crippen LogP contribution in [0.2, 0.25) is 0 Å². The molecule has 66 heavy (non-hydrogen) atoms. The number of rotatable bonds is 6. The van der Waals surface area contributed by atoms with E-state index in [1.54, 1.807) is 0 Å². The van der Waals surface area contributed by atoms with E-state index in [1.807, 2.05) is 95.7 Å². The minimum Gasteiger partial charge on any atom is -0.278 e. The van der Waals surface area contributed by atoms with Crippen LogP contribution in [0, 0.1) is 0 Å². The molecule has 0 bridgehead atoms. The number of fused-ring (bicyclic) bond motifs is 8. The third-order valence-electron chi connectivity index (χ3n) is 13.7. The van der Waals surface area contributed by atoms with Crippen LogP contribution in [0.15, 0.2) is 218 Å². The largest absolute Gasteiger partial charge is 0.301 e. The van der Waals surface area contributed by atoms with Crippen LogP contribution < -0.4 is 14.6 Å². The van der Waals surface area contributed by atoms with E-state index in [9.17, 15) is 0 Å². The maximum Gasteiger partial charge on any atom is 0.301 e. The first-order valence-electron chi connectivity index (χ1n) is 22.4. The average molecular weight is 868 g/mol. The molecule has 0 radical (unpaired) electrons. The van der Waals surface area contributed by atoms with Crippen molar-refractivity contribution in [2.24, 2.45) is 0 Å². The highest BCUT2D eigenvalue weighted by molar-refractivity contribution is 7.76. The molecular formula is C59H42N5OP. The molecule has 6 nitrogen and oxygen atoms in total. The fraction of sp³-hybridized carbons (Fsp3) is 0.0508. The predicted octanol–water partition coefficient (Wildman–Crippen LogP) is 15.2. The number of benzene rings is 9. The first-order chi connectivity index (χ1) is 32.4. The lowest BCUT2D eigenvalue weighted by Crippen LogP contribution is -2.26. The van der Waals surface area contributed by atoms with Crippen molar-refractivity contribution in [2.75, 3.05) is 9.34 Å². The second kappa shape index (κ2) is 14.5. The summed E-state index contributed by atoms with van der Waals surface area (Å²) in [6.45, 7) is 4.64. The Balaban J connectivity index is 0.977. The first kappa shape index (κ1) is 38.4. The minimum absolute atomic E-state index is 0.139. The summed E-state index contributed by atoms with van der Waals surface area (Å²) >= 11 is 0. The molecule has 2 aromatic heterocycles. The Labute approximate surface area is 383 Å². The molecule has 2 aliphatic rings. The molecule has 0 saturated heterocycles. The molecule has 13 rings (SSSR count). The Hall–Kier alpha value is -8.05. The van der Waals surface area contributed by atoms with E-state index in [1.165, 1.54) is 22.3 Å². The maximum absolute atomic E-state index is 16.2. The number of hydrogen-bond acceptors (Lipinski definition) is 3. The summed E-state index contributed by atoms with van der Waals surface area (Å²) in [6, 6.07) is 75.8. The lowest BCUT2D eigenvalue weighted by atomic mass is 9.82. The van der Waals surface area contributed by atoms with Gasteiger partial charge in [0.25, 0.3) is 0 Å². The molecule has 1 aliphatic heterocycles. The lowest BCUT2D eigenvalue weighted by Gasteiger charge is -2.33. The third kappa shape index (κ3) is 5.58. The van der Waals surface area contributed by atoms with Gasteiger partial charge in [-0.25, -0.2) is 9.97 Å². The van der Waals surface area contributed by atoms with Crippen molar-refractivity contribution in [3.63, 3.8) is 0 Å². The second-order valence-corrected chi connectivity index (χ2v) is 20.2. The summed E-state index contributed by atoms with van der Waals surface area (Å²) in [5.74, 6) is 0.624. The van der Waals surface area contributed by atoms with Gasteiger partial charge in [-0.3, -0.25) is 18.5 Å². The molecule has 1 unspecified atom stereocenters. The molecule has 0 amide bonds. The van der Waals surface area contributed by atoms with Gasteiger partial charge in [0.1, 0.15) is 0 Å². The highest BCUT2D eigenvalue weighted by atomic mass is 31.2.